The molecule has 3 rings (SSSR count). The number of aryl methyl sites for hydroxylation is 1. The lowest BCUT2D eigenvalue weighted by Gasteiger charge is -2.08. The largest absolute Gasteiger partial charge is 0.337 e. The molecular weight excluding hydrogens is 256 g/mol. The van der Waals surface area contributed by atoms with Gasteiger partial charge in [0, 0.05) is 19.4 Å². The third-order valence-corrected chi connectivity index (χ3v) is 3.52. The van der Waals surface area contributed by atoms with Crippen molar-refractivity contribution in [1.82, 2.24) is 19.3 Å². The number of aromatic amines is 1. The predicted octanol–water partition coefficient (Wildman–Crippen LogP) is 2.99. The fourth-order valence-electron chi connectivity index (χ4n) is 2.12. The van der Waals surface area contributed by atoms with E-state index in [1.165, 1.54) is 0 Å². The smallest absolute Gasteiger partial charge is 0.177 e. The topological polar surface area (TPSA) is 38.5 Å². The highest BCUT2D eigenvalue weighted by atomic mass is 32.1. The normalized spacial score (nSPS) is 10.8. The van der Waals surface area contributed by atoms with Gasteiger partial charge in [-0.2, -0.15) is 5.10 Å². The van der Waals surface area contributed by atoms with Crippen molar-refractivity contribution in [2.24, 2.45) is 7.05 Å². The number of hydrogen-bond donors (Lipinski definition) is 1. The van der Waals surface area contributed by atoms with Crippen LogP contribution in [0.25, 0.3) is 11.3 Å². The van der Waals surface area contributed by atoms with E-state index in [0.717, 1.165) is 21.7 Å². The van der Waals surface area contributed by atoms with Gasteiger partial charge in [0.1, 0.15) is 0 Å². The summed E-state index contributed by atoms with van der Waals surface area (Å²) in [5, 5.41) is 4.19. The minimum absolute atomic E-state index is 0.711. The van der Waals surface area contributed by atoms with Crippen molar-refractivity contribution >= 4 is 12.2 Å². The maximum atomic E-state index is 5.37. The quantitative estimate of drug-likeness (QED) is 0.743. The Morgan fingerprint density at radius 2 is 2.00 bits per heavy atom. The molecule has 1 N–H and O–H groups in total. The van der Waals surface area contributed by atoms with Gasteiger partial charge in [0.25, 0.3) is 0 Å². The van der Waals surface area contributed by atoms with Crippen molar-refractivity contribution in [3.63, 3.8) is 0 Å². The van der Waals surface area contributed by atoms with E-state index >= 15 is 0 Å². The van der Waals surface area contributed by atoms with E-state index < -0.39 is 0 Å². The molecular formula is C14H14N4S. The van der Waals surface area contributed by atoms with E-state index in [1.807, 2.05) is 42.2 Å². The van der Waals surface area contributed by atoms with Crippen LogP contribution in [0, 0.1) is 4.77 Å². The lowest BCUT2D eigenvalue weighted by molar-refractivity contribution is 0.665. The van der Waals surface area contributed by atoms with Crippen molar-refractivity contribution in [3.05, 3.63) is 59.3 Å². The molecule has 96 valence electrons. The van der Waals surface area contributed by atoms with Crippen LogP contribution in [0.4, 0.5) is 0 Å². The zero-order valence-corrected chi connectivity index (χ0v) is 11.4. The number of rotatable bonds is 3. The summed E-state index contributed by atoms with van der Waals surface area (Å²) in [5.74, 6) is 0. The van der Waals surface area contributed by atoms with Crippen LogP contribution < -0.4 is 0 Å². The van der Waals surface area contributed by atoms with Gasteiger partial charge in [-0.3, -0.25) is 4.68 Å². The lowest BCUT2D eigenvalue weighted by atomic mass is 10.2. The Morgan fingerprint density at radius 1 is 1.21 bits per heavy atom. The van der Waals surface area contributed by atoms with Crippen molar-refractivity contribution < 1.29 is 0 Å². The van der Waals surface area contributed by atoms with Crippen molar-refractivity contribution in [3.8, 4) is 11.3 Å². The van der Waals surface area contributed by atoms with Gasteiger partial charge in [-0.1, -0.05) is 30.3 Å². The van der Waals surface area contributed by atoms with Crippen LogP contribution >= 0.6 is 12.2 Å². The molecule has 0 aliphatic carbocycles. The van der Waals surface area contributed by atoms with Crippen LogP contribution in [-0.4, -0.2) is 19.3 Å². The zero-order valence-electron chi connectivity index (χ0n) is 10.6. The van der Waals surface area contributed by atoms with E-state index in [0.29, 0.717) is 6.54 Å². The van der Waals surface area contributed by atoms with Gasteiger partial charge >= 0.3 is 0 Å². The summed E-state index contributed by atoms with van der Waals surface area (Å²) in [6.07, 6.45) is 3.75. The minimum atomic E-state index is 0.711. The van der Waals surface area contributed by atoms with E-state index in [-0.39, 0.29) is 0 Å². The molecule has 1 aromatic carbocycles. The Kier molecular flexibility index (Phi) is 3.05. The Bertz CT molecular complexity index is 736. The molecule has 3 aromatic rings. The van der Waals surface area contributed by atoms with Crippen molar-refractivity contribution in [1.29, 1.82) is 0 Å². The SMILES string of the molecule is Cn1nccc1Cn1c(-c2ccccc2)c[nH]c1=S. The second kappa shape index (κ2) is 4.85. The summed E-state index contributed by atoms with van der Waals surface area (Å²) < 4.78 is 4.67. The highest BCUT2D eigenvalue weighted by molar-refractivity contribution is 7.71. The highest BCUT2D eigenvalue weighted by Crippen LogP contribution is 2.20. The van der Waals surface area contributed by atoms with Crippen LogP contribution in [0.15, 0.2) is 48.8 Å². The molecule has 2 heterocycles. The third-order valence-electron chi connectivity index (χ3n) is 3.18. The fourth-order valence-corrected chi connectivity index (χ4v) is 2.34. The molecule has 0 spiro atoms. The van der Waals surface area contributed by atoms with Gasteiger partial charge in [-0.25, -0.2) is 0 Å². The summed E-state index contributed by atoms with van der Waals surface area (Å²) in [4.78, 5) is 3.12. The average molecular weight is 270 g/mol. The minimum Gasteiger partial charge on any atom is -0.337 e. The number of nitrogens with zero attached hydrogens (tertiary/aromatic N) is 3. The summed E-state index contributed by atoms with van der Waals surface area (Å²) in [5.41, 5.74) is 3.36. The maximum absolute atomic E-state index is 5.37. The molecule has 0 saturated heterocycles. The molecule has 0 fully saturated rings. The number of hydrogen-bond acceptors (Lipinski definition) is 2. The summed E-state index contributed by atoms with van der Waals surface area (Å²) >= 11 is 5.37. The number of aromatic nitrogens is 4. The number of H-pyrrole nitrogens is 1. The van der Waals surface area contributed by atoms with Gasteiger partial charge in [0.2, 0.25) is 0 Å². The second-order valence-electron chi connectivity index (χ2n) is 4.38. The number of imidazole rings is 1. The second-order valence-corrected chi connectivity index (χ2v) is 4.76. The highest BCUT2D eigenvalue weighted by Gasteiger charge is 2.08. The lowest BCUT2D eigenvalue weighted by Crippen LogP contribution is -2.06. The maximum Gasteiger partial charge on any atom is 0.177 e. The van der Waals surface area contributed by atoms with Crippen LogP contribution in [0.3, 0.4) is 0 Å². The van der Waals surface area contributed by atoms with Gasteiger partial charge in [-0.15, -0.1) is 0 Å². The Labute approximate surface area is 116 Å². The predicted molar refractivity (Wildman–Crippen MR) is 77.4 cm³/mol. The monoisotopic (exact) mass is 270 g/mol. The summed E-state index contributed by atoms with van der Waals surface area (Å²) in [7, 11) is 1.94. The Morgan fingerprint density at radius 3 is 2.68 bits per heavy atom. The molecule has 0 saturated carbocycles. The first kappa shape index (κ1) is 11.9. The fraction of sp³-hybridized carbons (Fsp3) is 0.143. The van der Waals surface area contributed by atoms with E-state index in [4.69, 9.17) is 12.2 Å². The summed E-state index contributed by atoms with van der Waals surface area (Å²) in [6, 6.07) is 12.2. The van der Waals surface area contributed by atoms with E-state index in [9.17, 15) is 0 Å². The van der Waals surface area contributed by atoms with E-state index in [1.54, 1.807) is 6.20 Å². The van der Waals surface area contributed by atoms with Crippen molar-refractivity contribution in [2.75, 3.05) is 0 Å². The van der Waals surface area contributed by atoms with Gasteiger partial charge in [0.15, 0.2) is 4.77 Å². The number of nitrogens with one attached hydrogen (secondary N) is 1. The molecule has 0 unspecified atom stereocenters. The molecule has 0 aliphatic heterocycles. The zero-order chi connectivity index (χ0) is 13.2. The van der Waals surface area contributed by atoms with Gasteiger partial charge in [0.05, 0.1) is 17.9 Å². The van der Waals surface area contributed by atoms with E-state index in [2.05, 4.69) is 26.8 Å². The molecule has 0 bridgehead atoms. The molecule has 5 heteroatoms. The molecule has 2 aromatic heterocycles. The van der Waals surface area contributed by atoms with Crippen LogP contribution in [0.1, 0.15) is 5.69 Å². The van der Waals surface area contributed by atoms with Gasteiger partial charge in [-0.05, 0) is 23.8 Å². The summed E-state index contributed by atoms with van der Waals surface area (Å²) in [6.45, 7) is 0.711. The van der Waals surface area contributed by atoms with Crippen molar-refractivity contribution in [2.45, 2.75) is 6.54 Å². The average Bonchev–Trinajstić information content (AvgIpc) is 2.99. The number of benzene rings is 1. The van der Waals surface area contributed by atoms with Gasteiger partial charge < -0.3 is 9.55 Å². The Balaban J connectivity index is 2.05. The molecule has 0 aliphatic rings. The first-order valence-electron chi connectivity index (χ1n) is 6.06. The first-order chi connectivity index (χ1) is 9.25. The van der Waals surface area contributed by atoms with Crippen LogP contribution in [0.5, 0.6) is 0 Å². The van der Waals surface area contributed by atoms with Crippen LogP contribution in [0.2, 0.25) is 0 Å². The molecule has 0 radical (unpaired) electrons. The Hall–Kier alpha value is -2.14. The molecule has 4 nitrogen and oxygen atoms in total. The van der Waals surface area contributed by atoms with Crippen LogP contribution in [-0.2, 0) is 13.6 Å². The molecule has 0 amide bonds. The standard InChI is InChI=1S/C14H14N4S/c1-17-12(7-8-16-17)10-18-13(9-15-14(18)19)11-5-3-2-4-6-11/h2-9H,10H2,1H3,(H,15,19). The molecule has 19 heavy (non-hydrogen) atoms. The molecule has 0 atom stereocenters. The first-order valence-corrected chi connectivity index (χ1v) is 6.47. The third kappa shape index (κ3) is 2.24.